The Bertz CT molecular complexity index is 763. The second kappa shape index (κ2) is 4.82. The SMILES string of the molecule is CCc1csc(-n2c(CC#N)nc3ccccc32)n1. The summed E-state index contributed by atoms with van der Waals surface area (Å²) in [5.41, 5.74) is 2.98. The van der Waals surface area contributed by atoms with Crippen molar-refractivity contribution in [1.29, 1.82) is 5.26 Å². The van der Waals surface area contributed by atoms with E-state index in [0.717, 1.165) is 34.1 Å². The molecule has 0 saturated heterocycles. The summed E-state index contributed by atoms with van der Waals surface area (Å²) >= 11 is 1.59. The number of hydrogen-bond acceptors (Lipinski definition) is 4. The topological polar surface area (TPSA) is 54.5 Å². The Hall–Kier alpha value is -2.19. The lowest BCUT2D eigenvalue weighted by molar-refractivity contribution is 0.927. The van der Waals surface area contributed by atoms with Crippen LogP contribution >= 0.6 is 11.3 Å². The van der Waals surface area contributed by atoms with E-state index >= 15 is 0 Å². The lowest BCUT2D eigenvalue weighted by atomic mass is 10.3. The summed E-state index contributed by atoms with van der Waals surface area (Å²) < 4.78 is 1.99. The molecule has 94 valence electrons. The Morgan fingerprint density at radius 2 is 2.16 bits per heavy atom. The molecule has 4 nitrogen and oxygen atoms in total. The highest BCUT2D eigenvalue weighted by molar-refractivity contribution is 7.12. The molecule has 0 saturated carbocycles. The minimum Gasteiger partial charge on any atom is -0.271 e. The third kappa shape index (κ3) is 2.00. The summed E-state index contributed by atoms with van der Waals surface area (Å²) in [6.45, 7) is 2.08. The first-order chi connectivity index (χ1) is 9.33. The Kier molecular flexibility index (Phi) is 3.02. The first kappa shape index (κ1) is 11.9. The van der Waals surface area contributed by atoms with Crippen LogP contribution in [-0.2, 0) is 12.8 Å². The number of benzene rings is 1. The van der Waals surface area contributed by atoms with E-state index < -0.39 is 0 Å². The van der Waals surface area contributed by atoms with E-state index in [1.807, 2.05) is 28.8 Å². The van der Waals surface area contributed by atoms with Crippen LogP contribution in [0, 0.1) is 11.3 Å². The molecule has 0 aliphatic carbocycles. The van der Waals surface area contributed by atoms with Crippen LogP contribution in [0.15, 0.2) is 29.6 Å². The Labute approximate surface area is 115 Å². The second-order valence-corrected chi connectivity index (χ2v) is 5.00. The van der Waals surface area contributed by atoms with Gasteiger partial charge in [0.1, 0.15) is 5.82 Å². The van der Waals surface area contributed by atoms with Crippen molar-refractivity contribution in [2.75, 3.05) is 0 Å². The van der Waals surface area contributed by atoms with Crippen LogP contribution in [0.4, 0.5) is 0 Å². The van der Waals surface area contributed by atoms with Crippen molar-refractivity contribution in [2.45, 2.75) is 19.8 Å². The Morgan fingerprint density at radius 3 is 2.89 bits per heavy atom. The highest BCUT2D eigenvalue weighted by Crippen LogP contribution is 2.24. The average molecular weight is 268 g/mol. The molecule has 5 heteroatoms. The average Bonchev–Trinajstić information content (AvgIpc) is 3.02. The van der Waals surface area contributed by atoms with Crippen molar-refractivity contribution in [1.82, 2.24) is 14.5 Å². The number of aromatic nitrogens is 3. The van der Waals surface area contributed by atoms with Crippen molar-refractivity contribution in [2.24, 2.45) is 0 Å². The van der Waals surface area contributed by atoms with Gasteiger partial charge in [-0.15, -0.1) is 11.3 Å². The zero-order valence-corrected chi connectivity index (χ0v) is 11.3. The number of aryl methyl sites for hydroxylation is 1. The van der Waals surface area contributed by atoms with Gasteiger partial charge in [0.05, 0.1) is 29.2 Å². The molecule has 0 fully saturated rings. The third-order valence-electron chi connectivity index (χ3n) is 2.96. The summed E-state index contributed by atoms with van der Waals surface area (Å²) in [6.07, 6.45) is 1.20. The molecule has 1 aromatic carbocycles. The molecule has 0 aliphatic heterocycles. The monoisotopic (exact) mass is 268 g/mol. The molecule has 19 heavy (non-hydrogen) atoms. The van der Waals surface area contributed by atoms with Gasteiger partial charge in [0, 0.05) is 5.38 Å². The van der Waals surface area contributed by atoms with Gasteiger partial charge in [-0.25, -0.2) is 9.97 Å². The zero-order chi connectivity index (χ0) is 13.2. The quantitative estimate of drug-likeness (QED) is 0.733. The van der Waals surface area contributed by atoms with E-state index in [1.165, 1.54) is 0 Å². The maximum Gasteiger partial charge on any atom is 0.195 e. The summed E-state index contributed by atoms with van der Waals surface area (Å²) in [5.74, 6) is 0.751. The van der Waals surface area contributed by atoms with E-state index in [9.17, 15) is 0 Å². The molecule has 0 N–H and O–H groups in total. The summed E-state index contributed by atoms with van der Waals surface area (Å²) in [5, 5.41) is 11.9. The van der Waals surface area contributed by atoms with Crippen LogP contribution in [0.25, 0.3) is 16.2 Å². The minimum atomic E-state index is 0.287. The molecule has 2 aromatic heterocycles. The Morgan fingerprint density at radius 1 is 1.32 bits per heavy atom. The first-order valence-electron chi connectivity index (χ1n) is 6.11. The van der Waals surface area contributed by atoms with Crippen molar-refractivity contribution in [3.05, 3.63) is 41.2 Å². The lowest BCUT2D eigenvalue weighted by Crippen LogP contribution is -2.00. The molecule has 2 heterocycles. The van der Waals surface area contributed by atoms with E-state index in [4.69, 9.17) is 5.26 Å². The molecule has 3 aromatic rings. The van der Waals surface area contributed by atoms with E-state index in [0.29, 0.717) is 0 Å². The van der Waals surface area contributed by atoms with Crippen LogP contribution in [0.1, 0.15) is 18.4 Å². The standard InChI is InChI=1S/C14H12N4S/c1-2-10-9-19-14(16-10)18-12-6-4-3-5-11(12)17-13(18)7-8-15/h3-6,9H,2,7H2,1H3. The molecule has 3 rings (SSSR count). The molecule has 0 amide bonds. The summed E-state index contributed by atoms with van der Waals surface area (Å²) in [4.78, 5) is 9.12. The van der Waals surface area contributed by atoms with Gasteiger partial charge in [0.2, 0.25) is 0 Å². The summed E-state index contributed by atoms with van der Waals surface area (Å²) in [7, 11) is 0. The van der Waals surface area contributed by atoms with Crippen molar-refractivity contribution in [3.63, 3.8) is 0 Å². The molecular formula is C14H12N4S. The molecule has 0 radical (unpaired) electrons. The second-order valence-electron chi connectivity index (χ2n) is 4.16. The largest absolute Gasteiger partial charge is 0.271 e. The van der Waals surface area contributed by atoms with E-state index in [2.05, 4.69) is 28.3 Å². The van der Waals surface area contributed by atoms with Crippen LogP contribution in [0.2, 0.25) is 0 Å². The molecule has 0 bridgehead atoms. The van der Waals surface area contributed by atoms with Crippen LogP contribution in [-0.4, -0.2) is 14.5 Å². The molecule has 0 aliphatic rings. The number of hydrogen-bond donors (Lipinski definition) is 0. The lowest BCUT2D eigenvalue weighted by Gasteiger charge is -2.02. The number of rotatable bonds is 3. The molecule has 0 atom stereocenters. The Balaban J connectivity index is 2.25. The predicted molar refractivity (Wildman–Crippen MR) is 75.4 cm³/mol. The fourth-order valence-electron chi connectivity index (χ4n) is 2.04. The fraction of sp³-hybridized carbons (Fsp3) is 0.214. The van der Waals surface area contributed by atoms with Gasteiger partial charge in [-0.2, -0.15) is 5.26 Å². The number of nitrogens with zero attached hydrogens (tertiary/aromatic N) is 4. The number of nitriles is 1. The van der Waals surface area contributed by atoms with Crippen LogP contribution in [0.5, 0.6) is 0 Å². The van der Waals surface area contributed by atoms with Gasteiger partial charge in [-0.1, -0.05) is 19.1 Å². The highest BCUT2D eigenvalue weighted by Gasteiger charge is 2.14. The maximum absolute atomic E-state index is 8.95. The molecule has 0 spiro atoms. The van der Waals surface area contributed by atoms with Gasteiger partial charge < -0.3 is 0 Å². The number of thiazole rings is 1. The number of para-hydroxylation sites is 2. The van der Waals surface area contributed by atoms with Gasteiger partial charge in [-0.3, -0.25) is 4.57 Å². The number of fused-ring (bicyclic) bond motifs is 1. The number of imidazole rings is 1. The van der Waals surface area contributed by atoms with Crippen molar-refractivity contribution < 1.29 is 0 Å². The van der Waals surface area contributed by atoms with Gasteiger partial charge in [-0.05, 0) is 18.6 Å². The molecule has 0 unspecified atom stereocenters. The van der Waals surface area contributed by atoms with Crippen molar-refractivity contribution >= 4 is 22.4 Å². The highest BCUT2D eigenvalue weighted by atomic mass is 32.1. The van der Waals surface area contributed by atoms with Crippen LogP contribution in [0.3, 0.4) is 0 Å². The van der Waals surface area contributed by atoms with Gasteiger partial charge >= 0.3 is 0 Å². The zero-order valence-electron chi connectivity index (χ0n) is 10.5. The minimum absolute atomic E-state index is 0.287. The predicted octanol–water partition coefficient (Wildman–Crippen LogP) is 3.11. The van der Waals surface area contributed by atoms with E-state index in [-0.39, 0.29) is 6.42 Å². The van der Waals surface area contributed by atoms with Crippen molar-refractivity contribution in [3.8, 4) is 11.2 Å². The fourth-order valence-corrected chi connectivity index (χ4v) is 2.98. The summed E-state index contributed by atoms with van der Waals surface area (Å²) in [6, 6.07) is 10.1. The molecular weight excluding hydrogens is 256 g/mol. The smallest absolute Gasteiger partial charge is 0.195 e. The maximum atomic E-state index is 8.95. The third-order valence-corrected chi connectivity index (χ3v) is 3.84. The first-order valence-corrected chi connectivity index (χ1v) is 6.99. The normalized spacial score (nSPS) is 10.7. The van der Waals surface area contributed by atoms with Gasteiger partial charge in [0.15, 0.2) is 5.13 Å². The van der Waals surface area contributed by atoms with Gasteiger partial charge in [0.25, 0.3) is 0 Å². The van der Waals surface area contributed by atoms with E-state index in [1.54, 1.807) is 11.3 Å². The van der Waals surface area contributed by atoms with Crippen LogP contribution < -0.4 is 0 Å².